The summed E-state index contributed by atoms with van der Waals surface area (Å²) in [5.41, 5.74) is 1.15. The lowest BCUT2D eigenvalue weighted by Crippen LogP contribution is -2.00. The first-order valence-corrected chi connectivity index (χ1v) is 6.75. The maximum absolute atomic E-state index is 13.5. The summed E-state index contributed by atoms with van der Waals surface area (Å²) in [6.07, 6.45) is 0.258. The van der Waals surface area contributed by atoms with Crippen molar-refractivity contribution in [3.05, 3.63) is 51.0 Å². The van der Waals surface area contributed by atoms with E-state index in [-0.39, 0.29) is 11.8 Å². The van der Waals surface area contributed by atoms with Crippen molar-refractivity contribution in [2.45, 2.75) is 25.6 Å². The molecule has 0 spiro atoms. The van der Waals surface area contributed by atoms with Crippen molar-refractivity contribution in [2.75, 3.05) is 0 Å². The van der Waals surface area contributed by atoms with E-state index < -0.39 is 11.6 Å². The van der Waals surface area contributed by atoms with Gasteiger partial charge in [-0.1, -0.05) is 12.1 Å². The van der Waals surface area contributed by atoms with Crippen molar-refractivity contribution >= 4 is 22.9 Å². The van der Waals surface area contributed by atoms with Crippen molar-refractivity contribution in [1.82, 2.24) is 4.98 Å². The summed E-state index contributed by atoms with van der Waals surface area (Å²) in [6, 6.07) is 4.14. The van der Waals surface area contributed by atoms with Crippen molar-refractivity contribution in [3.63, 3.8) is 0 Å². The predicted molar refractivity (Wildman–Crippen MR) is 70.2 cm³/mol. The molecule has 1 atom stereocenters. The monoisotopic (exact) mass is 287 g/mol. The number of aryl methyl sites for hydroxylation is 2. The van der Waals surface area contributed by atoms with Crippen LogP contribution in [0.25, 0.3) is 0 Å². The van der Waals surface area contributed by atoms with Crippen molar-refractivity contribution < 1.29 is 8.78 Å². The minimum Gasteiger partial charge on any atom is -0.247 e. The first-order chi connectivity index (χ1) is 8.49. The van der Waals surface area contributed by atoms with E-state index in [9.17, 15) is 8.78 Å². The SMILES string of the molecule is Cc1nc(C)c(C(Cl)Cc2cccc(F)c2F)s1. The Hall–Kier alpha value is -1.00. The van der Waals surface area contributed by atoms with E-state index in [1.54, 1.807) is 6.07 Å². The molecule has 2 aromatic rings. The fourth-order valence-electron chi connectivity index (χ4n) is 1.83. The van der Waals surface area contributed by atoms with E-state index in [0.29, 0.717) is 5.56 Å². The number of nitrogens with zero attached hydrogens (tertiary/aromatic N) is 1. The van der Waals surface area contributed by atoms with Crippen LogP contribution < -0.4 is 0 Å². The lowest BCUT2D eigenvalue weighted by Gasteiger charge is -2.09. The smallest absolute Gasteiger partial charge is 0.162 e. The topological polar surface area (TPSA) is 12.9 Å². The first-order valence-electron chi connectivity index (χ1n) is 5.50. The number of alkyl halides is 1. The second-order valence-electron chi connectivity index (χ2n) is 4.07. The summed E-state index contributed by atoms with van der Waals surface area (Å²) in [5, 5.41) is 0.542. The largest absolute Gasteiger partial charge is 0.247 e. The van der Waals surface area contributed by atoms with Crippen LogP contribution in [0.3, 0.4) is 0 Å². The van der Waals surface area contributed by atoms with Crippen LogP contribution in [0.15, 0.2) is 18.2 Å². The van der Waals surface area contributed by atoms with Crippen LogP contribution in [0.1, 0.15) is 26.5 Å². The summed E-state index contributed by atoms with van der Waals surface area (Å²) in [7, 11) is 0. The van der Waals surface area contributed by atoms with Crippen LogP contribution >= 0.6 is 22.9 Å². The number of halogens is 3. The molecule has 0 aliphatic rings. The molecule has 96 valence electrons. The molecule has 0 aliphatic carbocycles. The van der Waals surface area contributed by atoms with E-state index in [1.807, 2.05) is 13.8 Å². The zero-order valence-electron chi connectivity index (χ0n) is 10.0. The molecule has 18 heavy (non-hydrogen) atoms. The molecule has 2 rings (SSSR count). The molecular formula is C13H12ClF2NS. The van der Waals surface area contributed by atoms with Gasteiger partial charge in [0.25, 0.3) is 0 Å². The molecule has 5 heteroatoms. The van der Waals surface area contributed by atoms with E-state index in [1.165, 1.54) is 17.4 Å². The van der Waals surface area contributed by atoms with Gasteiger partial charge in [0.1, 0.15) is 0 Å². The summed E-state index contributed by atoms with van der Waals surface area (Å²) in [4.78, 5) is 5.19. The molecule has 0 N–H and O–H groups in total. The fourth-order valence-corrected chi connectivity index (χ4v) is 3.19. The number of rotatable bonds is 3. The van der Waals surface area contributed by atoms with Crippen LogP contribution in [0.2, 0.25) is 0 Å². The maximum Gasteiger partial charge on any atom is 0.162 e. The summed E-state index contributed by atoms with van der Waals surface area (Å²) >= 11 is 7.76. The lowest BCUT2D eigenvalue weighted by atomic mass is 10.1. The van der Waals surface area contributed by atoms with Gasteiger partial charge in [0.15, 0.2) is 11.6 Å². The Morgan fingerprint density at radius 3 is 2.67 bits per heavy atom. The zero-order chi connectivity index (χ0) is 13.3. The van der Waals surface area contributed by atoms with Gasteiger partial charge >= 0.3 is 0 Å². The average molecular weight is 288 g/mol. The highest BCUT2D eigenvalue weighted by atomic mass is 35.5. The Bertz CT molecular complexity index is 568. The van der Waals surface area contributed by atoms with Gasteiger partial charge in [0.05, 0.1) is 16.1 Å². The third-order valence-corrected chi connectivity index (χ3v) is 4.34. The second-order valence-corrected chi connectivity index (χ2v) is 5.83. The molecule has 1 aromatic carbocycles. The number of thiazole rings is 1. The fraction of sp³-hybridized carbons (Fsp3) is 0.308. The van der Waals surface area contributed by atoms with Crippen LogP contribution in [0.4, 0.5) is 8.78 Å². The molecule has 1 heterocycles. The third kappa shape index (κ3) is 2.70. The van der Waals surface area contributed by atoms with Gasteiger partial charge < -0.3 is 0 Å². The zero-order valence-corrected chi connectivity index (χ0v) is 11.6. The van der Waals surface area contributed by atoms with Gasteiger partial charge in [-0.05, 0) is 31.9 Å². The minimum atomic E-state index is -0.839. The molecule has 0 fully saturated rings. The maximum atomic E-state index is 13.5. The quantitative estimate of drug-likeness (QED) is 0.754. The van der Waals surface area contributed by atoms with Crippen molar-refractivity contribution in [3.8, 4) is 0 Å². The van der Waals surface area contributed by atoms with Gasteiger partial charge in [0, 0.05) is 4.88 Å². The molecule has 0 aliphatic heterocycles. The lowest BCUT2D eigenvalue weighted by molar-refractivity contribution is 0.498. The van der Waals surface area contributed by atoms with E-state index in [4.69, 9.17) is 11.6 Å². The van der Waals surface area contributed by atoms with Crippen molar-refractivity contribution in [1.29, 1.82) is 0 Å². The minimum absolute atomic E-state index is 0.258. The van der Waals surface area contributed by atoms with Crippen LogP contribution in [-0.4, -0.2) is 4.98 Å². The molecule has 0 bridgehead atoms. The number of aromatic nitrogens is 1. The van der Waals surface area contributed by atoms with Gasteiger partial charge in [-0.25, -0.2) is 13.8 Å². The van der Waals surface area contributed by atoms with Gasteiger partial charge in [-0.3, -0.25) is 0 Å². The first kappa shape index (κ1) is 13.4. The third-order valence-electron chi connectivity index (χ3n) is 2.65. The Kier molecular flexibility index (Phi) is 3.97. The standard InChI is InChI=1S/C13H12ClF2NS/c1-7-13(18-8(2)17-7)10(14)6-9-4-3-5-11(15)12(9)16/h3-5,10H,6H2,1-2H3. The van der Waals surface area contributed by atoms with E-state index in [0.717, 1.165) is 21.6 Å². The number of benzene rings is 1. The van der Waals surface area contributed by atoms with Crippen LogP contribution in [0.5, 0.6) is 0 Å². The Morgan fingerprint density at radius 1 is 1.33 bits per heavy atom. The molecule has 1 unspecified atom stereocenters. The molecule has 0 amide bonds. The molecule has 0 saturated heterocycles. The molecule has 1 aromatic heterocycles. The highest BCUT2D eigenvalue weighted by Crippen LogP contribution is 2.32. The Morgan fingerprint density at radius 2 is 2.06 bits per heavy atom. The second kappa shape index (κ2) is 5.33. The molecule has 1 nitrogen and oxygen atoms in total. The van der Waals surface area contributed by atoms with Crippen LogP contribution in [0, 0.1) is 25.5 Å². The summed E-state index contributed by atoms with van der Waals surface area (Å²) < 4.78 is 26.6. The van der Waals surface area contributed by atoms with Gasteiger partial charge in [-0.15, -0.1) is 22.9 Å². The van der Waals surface area contributed by atoms with Crippen molar-refractivity contribution in [2.24, 2.45) is 0 Å². The number of hydrogen-bond donors (Lipinski definition) is 0. The van der Waals surface area contributed by atoms with E-state index in [2.05, 4.69) is 4.98 Å². The highest BCUT2D eigenvalue weighted by Gasteiger charge is 2.18. The number of hydrogen-bond acceptors (Lipinski definition) is 2. The molecular weight excluding hydrogens is 276 g/mol. The summed E-state index contributed by atoms with van der Waals surface area (Å²) in [6.45, 7) is 3.77. The van der Waals surface area contributed by atoms with E-state index >= 15 is 0 Å². The Labute approximate surface area is 113 Å². The Balaban J connectivity index is 2.24. The predicted octanol–water partition coefficient (Wildman–Crippen LogP) is 4.56. The van der Waals surface area contributed by atoms with Gasteiger partial charge in [-0.2, -0.15) is 0 Å². The molecule has 0 saturated carbocycles. The average Bonchev–Trinajstić information content (AvgIpc) is 2.64. The van der Waals surface area contributed by atoms with Crippen LogP contribution in [-0.2, 0) is 6.42 Å². The highest BCUT2D eigenvalue weighted by molar-refractivity contribution is 7.12. The molecule has 0 radical (unpaired) electrons. The van der Waals surface area contributed by atoms with Gasteiger partial charge in [0.2, 0.25) is 0 Å². The normalized spacial score (nSPS) is 12.7. The summed E-state index contributed by atoms with van der Waals surface area (Å²) in [5.74, 6) is -1.66.